The maximum Gasteiger partial charge on any atom is 0.169 e. The normalized spacial score (nSPS) is 12.7. The lowest BCUT2D eigenvalue weighted by molar-refractivity contribution is 0.447. The van der Waals surface area contributed by atoms with Crippen molar-refractivity contribution in [2.24, 2.45) is 0 Å². The van der Waals surface area contributed by atoms with Crippen molar-refractivity contribution in [3.05, 3.63) is 58.2 Å². The second-order valence-electron chi connectivity index (χ2n) is 3.42. The van der Waals surface area contributed by atoms with Gasteiger partial charge in [0.25, 0.3) is 0 Å². The summed E-state index contributed by atoms with van der Waals surface area (Å²) in [5, 5.41) is 3.13. The van der Waals surface area contributed by atoms with Crippen molar-refractivity contribution in [1.82, 2.24) is 5.32 Å². The zero-order valence-corrected chi connectivity index (χ0v) is 10.3. The third-order valence-electron chi connectivity index (χ3n) is 2.37. The second kappa shape index (κ2) is 4.80. The standard InChI is InChI=1S/C12H11BrFNO/c1-15-12(10-6-7-11(13)16-10)8-2-4-9(14)5-3-8/h2-7,12,15H,1H3. The first-order valence-electron chi connectivity index (χ1n) is 4.88. The van der Waals surface area contributed by atoms with Crippen molar-refractivity contribution >= 4 is 15.9 Å². The highest BCUT2D eigenvalue weighted by Crippen LogP contribution is 2.25. The Morgan fingerprint density at radius 1 is 1.19 bits per heavy atom. The van der Waals surface area contributed by atoms with Crippen LogP contribution in [0.1, 0.15) is 17.4 Å². The van der Waals surface area contributed by atoms with E-state index in [1.807, 2.05) is 19.2 Å². The van der Waals surface area contributed by atoms with Crippen LogP contribution in [-0.4, -0.2) is 7.05 Å². The molecule has 0 saturated heterocycles. The lowest BCUT2D eigenvalue weighted by atomic mass is 10.1. The average molecular weight is 284 g/mol. The molecule has 1 heterocycles. The quantitative estimate of drug-likeness (QED) is 0.933. The molecule has 1 unspecified atom stereocenters. The first-order valence-corrected chi connectivity index (χ1v) is 5.68. The Hall–Kier alpha value is -1.13. The van der Waals surface area contributed by atoms with Gasteiger partial charge in [-0.25, -0.2) is 4.39 Å². The van der Waals surface area contributed by atoms with Crippen LogP contribution >= 0.6 is 15.9 Å². The van der Waals surface area contributed by atoms with E-state index < -0.39 is 0 Å². The Balaban J connectivity index is 2.32. The maximum absolute atomic E-state index is 12.8. The summed E-state index contributed by atoms with van der Waals surface area (Å²) in [6, 6.07) is 10.0. The van der Waals surface area contributed by atoms with Crippen LogP contribution in [0.15, 0.2) is 45.5 Å². The molecule has 0 aliphatic carbocycles. The topological polar surface area (TPSA) is 25.2 Å². The molecule has 1 aromatic carbocycles. The van der Waals surface area contributed by atoms with E-state index in [4.69, 9.17) is 4.42 Å². The molecule has 0 saturated carbocycles. The lowest BCUT2D eigenvalue weighted by Crippen LogP contribution is -2.16. The Morgan fingerprint density at radius 2 is 1.88 bits per heavy atom. The highest BCUT2D eigenvalue weighted by atomic mass is 79.9. The fourth-order valence-electron chi connectivity index (χ4n) is 1.61. The Kier molecular flexibility index (Phi) is 3.41. The number of nitrogens with one attached hydrogen (secondary N) is 1. The minimum atomic E-state index is -0.237. The summed E-state index contributed by atoms with van der Waals surface area (Å²) in [6.45, 7) is 0. The van der Waals surface area contributed by atoms with Crippen LogP contribution in [-0.2, 0) is 0 Å². The molecule has 2 nitrogen and oxygen atoms in total. The molecule has 0 fully saturated rings. The fourth-order valence-corrected chi connectivity index (χ4v) is 1.93. The minimum absolute atomic E-state index is 0.0631. The van der Waals surface area contributed by atoms with Crippen LogP contribution in [0.5, 0.6) is 0 Å². The second-order valence-corrected chi connectivity index (χ2v) is 4.20. The van der Waals surface area contributed by atoms with E-state index in [0.717, 1.165) is 11.3 Å². The van der Waals surface area contributed by atoms with Gasteiger partial charge in [0.1, 0.15) is 11.6 Å². The van der Waals surface area contributed by atoms with E-state index in [1.54, 1.807) is 12.1 Å². The van der Waals surface area contributed by atoms with Crippen molar-refractivity contribution in [2.75, 3.05) is 7.05 Å². The summed E-state index contributed by atoms with van der Waals surface area (Å²) in [6.07, 6.45) is 0. The summed E-state index contributed by atoms with van der Waals surface area (Å²) >= 11 is 3.26. The van der Waals surface area contributed by atoms with Crippen LogP contribution in [0.3, 0.4) is 0 Å². The Bertz CT molecular complexity index is 466. The zero-order chi connectivity index (χ0) is 11.5. The van der Waals surface area contributed by atoms with Crippen LogP contribution in [0.4, 0.5) is 4.39 Å². The number of halogens is 2. The van der Waals surface area contributed by atoms with Gasteiger partial charge in [-0.1, -0.05) is 12.1 Å². The van der Waals surface area contributed by atoms with Crippen LogP contribution in [0.2, 0.25) is 0 Å². The number of rotatable bonds is 3. The van der Waals surface area contributed by atoms with Gasteiger partial charge in [-0.05, 0) is 52.8 Å². The summed E-state index contributed by atoms with van der Waals surface area (Å²) < 4.78 is 19.0. The van der Waals surface area contributed by atoms with Gasteiger partial charge in [0.05, 0.1) is 6.04 Å². The molecule has 0 spiro atoms. The van der Waals surface area contributed by atoms with Gasteiger partial charge >= 0.3 is 0 Å². The first kappa shape index (κ1) is 11.4. The molecule has 2 rings (SSSR count). The minimum Gasteiger partial charge on any atom is -0.452 e. The van der Waals surface area contributed by atoms with Crippen molar-refractivity contribution in [1.29, 1.82) is 0 Å². The van der Waals surface area contributed by atoms with Gasteiger partial charge in [-0.2, -0.15) is 0 Å². The van der Waals surface area contributed by atoms with Gasteiger partial charge in [0.15, 0.2) is 4.67 Å². The third kappa shape index (κ3) is 2.33. The first-order chi connectivity index (χ1) is 7.70. The van der Waals surface area contributed by atoms with E-state index in [2.05, 4.69) is 21.2 Å². The molecule has 0 aliphatic heterocycles. The van der Waals surface area contributed by atoms with Crippen LogP contribution in [0, 0.1) is 5.82 Å². The number of hydrogen-bond donors (Lipinski definition) is 1. The summed E-state index contributed by atoms with van der Waals surface area (Å²) in [7, 11) is 1.84. The highest BCUT2D eigenvalue weighted by molar-refractivity contribution is 9.10. The van der Waals surface area contributed by atoms with E-state index in [-0.39, 0.29) is 11.9 Å². The van der Waals surface area contributed by atoms with Gasteiger partial charge in [0, 0.05) is 0 Å². The molecule has 4 heteroatoms. The summed E-state index contributed by atoms with van der Waals surface area (Å²) in [4.78, 5) is 0. The largest absolute Gasteiger partial charge is 0.452 e. The maximum atomic E-state index is 12.8. The molecule has 1 N–H and O–H groups in total. The van der Waals surface area contributed by atoms with Crippen LogP contribution < -0.4 is 5.32 Å². The SMILES string of the molecule is CNC(c1ccc(F)cc1)c1ccc(Br)o1. The monoisotopic (exact) mass is 283 g/mol. The molecule has 0 amide bonds. The number of furan rings is 1. The molecule has 2 aromatic rings. The third-order valence-corrected chi connectivity index (χ3v) is 2.80. The van der Waals surface area contributed by atoms with Crippen LogP contribution in [0.25, 0.3) is 0 Å². The molecule has 16 heavy (non-hydrogen) atoms. The van der Waals surface area contributed by atoms with E-state index in [1.165, 1.54) is 12.1 Å². The Morgan fingerprint density at radius 3 is 2.38 bits per heavy atom. The Labute approximate surface area is 102 Å². The van der Waals surface area contributed by atoms with Gasteiger partial charge < -0.3 is 9.73 Å². The molecular formula is C12H11BrFNO. The molecule has 0 radical (unpaired) electrons. The molecule has 1 aromatic heterocycles. The molecule has 84 valence electrons. The zero-order valence-electron chi connectivity index (χ0n) is 8.71. The van der Waals surface area contributed by atoms with E-state index in [9.17, 15) is 4.39 Å². The predicted molar refractivity (Wildman–Crippen MR) is 63.7 cm³/mol. The van der Waals surface area contributed by atoms with Crippen molar-refractivity contribution in [3.63, 3.8) is 0 Å². The summed E-state index contributed by atoms with van der Waals surface area (Å²) in [5.41, 5.74) is 0.964. The van der Waals surface area contributed by atoms with Crippen molar-refractivity contribution in [2.45, 2.75) is 6.04 Å². The molecule has 0 aliphatic rings. The highest BCUT2D eigenvalue weighted by Gasteiger charge is 2.15. The smallest absolute Gasteiger partial charge is 0.169 e. The average Bonchev–Trinajstić information content (AvgIpc) is 2.69. The van der Waals surface area contributed by atoms with Gasteiger partial charge in [0.2, 0.25) is 0 Å². The number of hydrogen-bond acceptors (Lipinski definition) is 2. The van der Waals surface area contributed by atoms with Crippen molar-refractivity contribution in [3.8, 4) is 0 Å². The predicted octanol–water partition coefficient (Wildman–Crippen LogP) is 3.49. The molecular weight excluding hydrogens is 273 g/mol. The van der Waals surface area contributed by atoms with E-state index in [0.29, 0.717) is 4.67 Å². The molecule has 0 bridgehead atoms. The van der Waals surface area contributed by atoms with E-state index >= 15 is 0 Å². The van der Waals surface area contributed by atoms with Gasteiger partial charge in [-0.3, -0.25) is 0 Å². The van der Waals surface area contributed by atoms with Gasteiger partial charge in [-0.15, -0.1) is 0 Å². The fraction of sp³-hybridized carbons (Fsp3) is 0.167. The lowest BCUT2D eigenvalue weighted by Gasteiger charge is -2.13. The van der Waals surface area contributed by atoms with Crippen molar-refractivity contribution < 1.29 is 8.81 Å². The number of benzene rings is 1. The summed E-state index contributed by atoms with van der Waals surface area (Å²) in [5.74, 6) is 0.556. The molecule has 1 atom stereocenters.